The SMILES string of the molecule is Cc1ccc(NS(=O)(=O)c2ccc(NC(=O)CN(c3cccc(Cl)c3Cl)S(=O)(=O)c3ccccc3)cc2)cc1C. The smallest absolute Gasteiger partial charge is 0.264 e. The van der Waals surface area contributed by atoms with Crippen LogP contribution in [0.25, 0.3) is 0 Å². The molecule has 0 aromatic heterocycles. The van der Waals surface area contributed by atoms with Crippen molar-refractivity contribution in [3.8, 4) is 0 Å². The number of hydrogen-bond acceptors (Lipinski definition) is 5. The lowest BCUT2D eigenvalue weighted by molar-refractivity contribution is -0.114. The van der Waals surface area contributed by atoms with E-state index >= 15 is 0 Å². The molecule has 1 amide bonds. The van der Waals surface area contributed by atoms with Gasteiger partial charge in [0, 0.05) is 11.4 Å². The molecule has 0 saturated heterocycles. The molecule has 2 N–H and O–H groups in total. The van der Waals surface area contributed by atoms with E-state index < -0.39 is 32.5 Å². The average Bonchev–Trinajstić information content (AvgIpc) is 2.92. The average molecular weight is 619 g/mol. The van der Waals surface area contributed by atoms with E-state index in [0.29, 0.717) is 5.69 Å². The molecule has 0 fully saturated rings. The van der Waals surface area contributed by atoms with Crippen LogP contribution in [0.15, 0.2) is 101 Å². The molecule has 0 aliphatic carbocycles. The number of carbonyl (C=O) groups is 1. The maximum atomic E-state index is 13.5. The quantitative estimate of drug-likeness (QED) is 0.231. The van der Waals surface area contributed by atoms with Crippen LogP contribution >= 0.6 is 23.2 Å². The Hall–Kier alpha value is -3.57. The van der Waals surface area contributed by atoms with Gasteiger partial charge in [-0.2, -0.15) is 0 Å². The third kappa shape index (κ3) is 6.59. The van der Waals surface area contributed by atoms with Gasteiger partial charge in [0.2, 0.25) is 5.91 Å². The molecule has 0 bridgehead atoms. The van der Waals surface area contributed by atoms with Gasteiger partial charge in [-0.05, 0) is 85.6 Å². The van der Waals surface area contributed by atoms with Crippen LogP contribution in [0.1, 0.15) is 11.1 Å². The zero-order chi connectivity index (χ0) is 29.1. The summed E-state index contributed by atoms with van der Waals surface area (Å²) in [6, 6.07) is 22.8. The number of amides is 1. The van der Waals surface area contributed by atoms with Crippen molar-refractivity contribution in [3.63, 3.8) is 0 Å². The third-order valence-corrected chi connectivity index (χ3v) is 10.0. The number of hydrogen-bond donors (Lipinski definition) is 2. The first kappa shape index (κ1) is 29.4. The van der Waals surface area contributed by atoms with Gasteiger partial charge in [-0.25, -0.2) is 16.8 Å². The summed E-state index contributed by atoms with van der Waals surface area (Å²) in [5, 5.41) is 2.70. The third-order valence-electron chi connectivity index (χ3n) is 6.03. The molecule has 0 spiro atoms. The lowest BCUT2D eigenvalue weighted by Gasteiger charge is -2.25. The van der Waals surface area contributed by atoms with E-state index in [1.807, 2.05) is 19.9 Å². The Labute approximate surface area is 243 Å². The fourth-order valence-electron chi connectivity index (χ4n) is 3.77. The van der Waals surface area contributed by atoms with Crippen molar-refractivity contribution in [1.29, 1.82) is 0 Å². The number of aryl methyl sites for hydroxylation is 2. The Kier molecular flexibility index (Phi) is 8.74. The van der Waals surface area contributed by atoms with E-state index in [2.05, 4.69) is 10.0 Å². The Bertz CT molecular complexity index is 1760. The highest BCUT2D eigenvalue weighted by molar-refractivity contribution is 7.93. The van der Waals surface area contributed by atoms with Gasteiger partial charge < -0.3 is 5.32 Å². The van der Waals surface area contributed by atoms with Gasteiger partial charge in [0.1, 0.15) is 6.54 Å². The molecule has 40 heavy (non-hydrogen) atoms. The van der Waals surface area contributed by atoms with Crippen molar-refractivity contribution in [1.82, 2.24) is 0 Å². The van der Waals surface area contributed by atoms with E-state index in [-0.39, 0.29) is 31.2 Å². The number of anilines is 3. The van der Waals surface area contributed by atoms with Crippen molar-refractivity contribution in [2.75, 3.05) is 20.9 Å². The van der Waals surface area contributed by atoms with Crippen LogP contribution in [-0.4, -0.2) is 29.3 Å². The molecule has 0 atom stereocenters. The minimum absolute atomic E-state index is 0.0114. The normalized spacial score (nSPS) is 11.6. The Morgan fingerprint density at radius 2 is 1.40 bits per heavy atom. The second kappa shape index (κ2) is 11.9. The maximum absolute atomic E-state index is 13.5. The van der Waals surface area contributed by atoms with Crippen LogP contribution < -0.4 is 14.3 Å². The molecule has 0 aliphatic heterocycles. The highest BCUT2D eigenvalue weighted by Gasteiger charge is 2.29. The van der Waals surface area contributed by atoms with Crippen LogP contribution in [0.5, 0.6) is 0 Å². The lowest BCUT2D eigenvalue weighted by Crippen LogP contribution is -2.38. The number of nitrogens with zero attached hydrogens (tertiary/aromatic N) is 1. The molecule has 4 rings (SSSR count). The molecule has 4 aromatic rings. The van der Waals surface area contributed by atoms with Gasteiger partial charge in [-0.3, -0.25) is 13.8 Å². The Morgan fingerprint density at radius 1 is 0.750 bits per heavy atom. The largest absolute Gasteiger partial charge is 0.325 e. The Morgan fingerprint density at radius 3 is 2.05 bits per heavy atom. The molecule has 0 saturated carbocycles. The number of sulfonamides is 2. The van der Waals surface area contributed by atoms with Gasteiger partial charge in [0.15, 0.2) is 0 Å². The predicted octanol–water partition coefficient (Wildman–Crippen LogP) is 6.25. The maximum Gasteiger partial charge on any atom is 0.264 e. The van der Waals surface area contributed by atoms with Gasteiger partial charge in [-0.1, -0.05) is 53.5 Å². The van der Waals surface area contributed by atoms with Crippen LogP contribution in [0.4, 0.5) is 17.1 Å². The fourth-order valence-corrected chi connectivity index (χ4v) is 6.72. The van der Waals surface area contributed by atoms with Gasteiger partial charge in [0.25, 0.3) is 20.0 Å². The number of nitrogens with one attached hydrogen (secondary N) is 2. The second-order valence-corrected chi connectivity index (χ2v) is 13.2. The second-order valence-electron chi connectivity index (χ2n) is 8.87. The summed E-state index contributed by atoms with van der Waals surface area (Å²) < 4.78 is 56.1. The first-order valence-electron chi connectivity index (χ1n) is 11.9. The monoisotopic (exact) mass is 617 g/mol. The van der Waals surface area contributed by atoms with Crippen LogP contribution in [-0.2, 0) is 24.8 Å². The molecule has 0 heterocycles. The number of benzene rings is 4. The summed E-state index contributed by atoms with van der Waals surface area (Å²) >= 11 is 12.5. The molecular weight excluding hydrogens is 593 g/mol. The molecular formula is C28H25Cl2N3O5S2. The summed E-state index contributed by atoms with van der Waals surface area (Å²) in [4.78, 5) is 13.0. The van der Waals surface area contributed by atoms with Crippen LogP contribution in [0.2, 0.25) is 10.0 Å². The van der Waals surface area contributed by atoms with E-state index in [1.165, 1.54) is 54.6 Å². The fraction of sp³-hybridized carbons (Fsp3) is 0.107. The first-order chi connectivity index (χ1) is 18.9. The van der Waals surface area contributed by atoms with E-state index in [1.54, 1.807) is 30.3 Å². The Balaban J connectivity index is 1.55. The number of carbonyl (C=O) groups excluding carboxylic acids is 1. The molecule has 208 valence electrons. The van der Waals surface area contributed by atoms with Gasteiger partial charge in [-0.15, -0.1) is 0 Å². The molecule has 0 radical (unpaired) electrons. The highest BCUT2D eigenvalue weighted by atomic mass is 35.5. The lowest BCUT2D eigenvalue weighted by atomic mass is 10.1. The summed E-state index contributed by atoms with van der Waals surface area (Å²) in [6.45, 7) is 3.20. The van der Waals surface area contributed by atoms with Crippen molar-refractivity contribution >= 4 is 66.2 Å². The predicted molar refractivity (Wildman–Crippen MR) is 159 cm³/mol. The van der Waals surface area contributed by atoms with Crippen molar-refractivity contribution in [3.05, 3.63) is 112 Å². The number of halogens is 2. The molecule has 4 aromatic carbocycles. The molecule has 0 unspecified atom stereocenters. The van der Waals surface area contributed by atoms with E-state index in [9.17, 15) is 21.6 Å². The van der Waals surface area contributed by atoms with Gasteiger partial charge >= 0.3 is 0 Å². The zero-order valence-corrected chi connectivity index (χ0v) is 24.6. The summed E-state index contributed by atoms with van der Waals surface area (Å²) in [6.07, 6.45) is 0. The minimum Gasteiger partial charge on any atom is -0.325 e. The number of rotatable bonds is 9. The standard InChI is InChI=1S/C28H25Cl2N3O5S2/c1-19-11-12-22(17-20(19)2)32-39(35,36)23-15-13-21(14-16-23)31-27(34)18-33(26-10-6-9-25(29)28(26)30)40(37,38)24-7-4-3-5-8-24/h3-17,32H,18H2,1-2H3,(H,31,34). The molecule has 0 aliphatic rings. The van der Waals surface area contributed by atoms with Crippen LogP contribution in [0.3, 0.4) is 0 Å². The highest BCUT2D eigenvalue weighted by Crippen LogP contribution is 2.35. The topological polar surface area (TPSA) is 113 Å². The van der Waals surface area contributed by atoms with Crippen molar-refractivity contribution in [2.45, 2.75) is 23.6 Å². The summed E-state index contributed by atoms with van der Waals surface area (Å²) in [5.74, 6) is -0.681. The summed E-state index contributed by atoms with van der Waals surface area (Å²) in [7, 11) is -8.08. The van der Waals surface area contributed by atoms with Crippen molar-refractivity contribution < 1.29 is 21.6 Å². The van der Waals surface area contributed by atoms with Crippen molar-refractivity contribution in [2.24, 2.45) is 0 Å². The minimum atomic E-state index is -4.20. The molecule has 8 nitrogen and oxygen atoms in total. The first-order valence-corrected chi connectivity index (χ1v) is 15.6. The van der Waals surface area contributed by atoms with Gasteiger partial charge in [0.05, 0.1) is 25.5 Å². The molecule has 12 heteroatoms. The zero-order valence-electron chi connectivity index (χ0n) is 21.4. The van der Waals surface area contributed by atoms with Crippen LogP contribution in [0, 0.1) is 13.8 Å². The van der Waals surface area contributed by atoms with E-state index in [4.69, 9.17) is 23.2 Å². The van der Waals surface area contributed by atoms with E-state index in [0.717, 1.165) is 15.4 Å². The summed E-state index contributed by atoms with van der Waals surface area (Å²) in [5.41, 5.74) is 2.72.